The Bertz CT molecular complexity index is 1000. The molecule has 27 heavy (non-hydrogen) atoms. The first kappa shape index (κ1) is 16.6. The predicted octanol–water partition coefficient (Wildman–Crippen LogP) is 3.48. The lowest BCUT2D eigenvalue weighted by Crippen LogP contribution is -2.05. The largest absolute Gasteiger partial charge is 0.454 e. The number of fused-ring (bicyclic) bond motifs is 1. The minimum absolute atomic E-state index is 0.0123. The number of nitrogen functional groups attached to an aromatic ring is 1. The van der Waals surface area contributed by atoms with Gasteiger partial charge in [-0.25, -0.2) is 9.97 Å². The first-order valence-electron chi connectivity index (χ1n) is 8.25. The van der Waals surface area contributed by atoms with E-state index in [1.165, 1.54) is 13.3 Å². The van der Waals surface area contributed by atoms with Gasteiger partial charge in [0, 0.05) is 23.0 Å². The molecule has 0 spiro atoms. The van der Waals surface area contributed by atoms with Crippen LogP contribution >= 0.6 is 0 Å². The number of ether oxygens (including phenoxy) is 2. The molecule has 8 nitrogen and oxygen atoms in total. The van der Waals surface area contributed by atoms with E-state index >= 15 is 0 Å². The van der Waals surface area contributed by atoms with Crippen LogP contribution in [-0.4, -0.2) is 22.5 Å². The fraction of sp³-hybridized carbons (Fsp3) is 0.105. The van der Waals surface area contributed by atoms with Crippen LogP contribution in [0, 0.1) is 0 Å². The average Bonchev–Trinajstić information content (AvgIpc) is 3.13. The molecule has 1 aromatic heterocycles. The summed E-state index contributed by atoms with van der Waals surface area (Å²) < 4.78 is 10.7. The van der Waals surface area contributed by atoms with Crippen molar-refractivity contribution in [3.63, 3.8) is 0 Å². The number of nitrogens with one attached hydrogen (secondary N) is 2. The molecule has 0 saturated carbocycles. The van der Waals surface area contributed by atoms with Crippen molar-refractivity contribution in [1.82, 2.24) is 9.97 Å². The molecular formula is C19H17N5O3. The van der Waals surface area contributed by atoms with Crippen LogP contribution in [0.25, 0.3) is 0 Å². The van der Waals surface area contributed by atoms with E-state index < -0.39 is 0 Å². The zero-order chi connectivity index (χ0) is 18.8. The summed E-state index contributed by atoms with van der Waals surface area (Å²) in [6.07, 6.45) is 1.41. The summed E-state index contributed by atoms with van der Waals surface area (Å²) in [5.41, 5.74) is 8.75. The molecule has 4 N–H and O–H groups in total. The third-order valence-corrected chi connectivity index (χ3v) is 4.07. The Morgan fingerprint density at radius 3 is 2.30 bits per heavy atom. The fourth-order valence-corrected chi connectivity index (χ4v) is 2.63. The van der Waals surface area contributed by atoms with Crippen molar-refractivity contribution < 1.29 is 14.3 Å². The number of rotatable bonds is 5. The van der Waals surface area contributed by atoms with E-state index in [4.69, 9.17) is 15.2 Å². The second-order valence-electron chi connectivity index (χ2n) is 5.94. The topological polar surface area (TPSA) is 111 Å². The molecule has 0 unspecified atom stereocenters. The first-order chi connectivity index (χ1) is 13.1. The van der Waals surface area contributed by atoms with Crippen molar-refractivity contribution in [2.45, 2.75) is 6.92 Å². The molecule has 1 aliphatic rings. The first-order valence-corrected chi connectivity index (χ1v) is 8.25. The lowest BCUT2D eigenvalue weighted by molar-refractivity contribution is 0.101. The molecule has 136 valence electrons. The van der Waals surface area contributed by atoms with E-state index in [-0.39, 0.29) is 12.6 Å². The number of benzene rings is 2. The Kier molecular flexibility index (Phi) is 4.21. The van der Waals surface area contributed by atoms with Gasteiger partial charge in [-0.05, 0) is 43.3 Å². The second-order valence-corrected chi connectivity index (χ2v) is 5.94. The number of hydrogen-bond donors (Lipinski definition) is 3. The highest BCUT2D eigenvalue weighted by molar-refractivity contribution is 5.94. The quantitative estimate of drug-likeness (QED) is 0.591. The third-order valence-electron chi connectivity index (χ3n) is 4.07. The summed E-state index contributed by atoms with van der Waals surface area (Å²) in [5.74, 6) is 2.30. The molecule has 1 aliphatic heterocycles. The molecule has 2 heterocycles. The van der Waals surface area contributed by atoms with Crippen molar-refractivity contribution in [2.24, 2.45) is 0 Å². The molecule has 0 atom stereocenters. The van der Waals surface area contributed by atoms with Gasteiger partial charge in [-0.3, -0.25) is 4.79 Å². The van der Waals surface area contributed by atoms with Crippen LogP contribution in [0.3, 0.4) is 0 Å². The SMILES string of the molecule is CC(=O)c1ccc(Nc2ncnc(Nc3ccc4c(c3)OCO4)c2N)cc1. The normalized spacial score (nSPS) is 11.9. The van der Waals surface area contributed by atoms with E-state index in [0.717, 1.165) is 11.4 Å². The van der Waals surface area contributed by atoms with Crippen molar-refractivity contribution in [1.29, 1.82) is 0 Å². The predicted molar refractivity (Wildman–Crippen MR) is 102 cm³/mol. The maximum atomic E-state index is 11.4. The van der Waals surface area contributed by atoms with Gasteiger partial charge < -0.3 is 25.8 Å². The molecule has 0 radical (unpaired) electrons. The van der Waals surface area contributed by atoms with E-state index in [1.54, 1.807) is 24.3 Å². The van der Waals surface area contributed by atoms with E-state index in [2.05, 4.69) is 20.6 Å². The van der Waals surface area contributed by atoms with Crippen LogP contribution in [-0.2, 0) is 0 Å². The summed E-state index contributed by atoms with van der Waals surface area (Å²) in [5, 5.41) is 6.29. The molecule has 0 bridgehead atoms. The standard InChI is InChI=1S/C19H17N5O3/c1-11(25)12-2-4-13(5-3-12)23-18-17(20)19(22-9-21-18)24-14-6-7-15-16(8-14)27-10-26-15/h2-9H,10,20H2,1H3,(H2,21,22,23,24). The van der Waals surface area contributed by atoms with Crippen molar-refractivity contribution in [3.05, 3.63) is 54.4 Å². The average molecular weight is 363 g/mol. The summed E-state index contributed by atoms with van der Waals surface area (Å²) in [4.78, 5) is 19.8. The number of carbonyl (C=O) groups excluding carboxylic acids is 1. The van der Waals surface area contributed by atoms with Gasteiger partial charge in [0.1, 0.15) is 12.0 Å². The van der Waals surface area contributed by atoms with E-state index in [0.29, 0.717) is 34.4 Å². The number of anilines is 5. The Labute approximate surface area is 155 Å². The molecule has 4 rings (SSSR count). The monoisotopic (exact) mass is 363 g/mol. The minimum Gasteiger partial charge on any atom is -0.454 e. The van der Waals surface area contributed by atoms with Crippen LogP contribution in [0.2, 0.25) is 0 Å². The third kappa shape index (κ3) is 3.45. The molecule has 3 aromatic rings. The highest BCUT2D eigenvalue weighted by Crippen LogP contribution is 2.36. The zero-order valence-corrected chi connectivity index (χ0v) is 14.5. The van der Waals surface area contributed by atoms with Crippen molar-refractivity contribution in [2.75, 3.05) is 23.2 Å². The zero-order valence-electron chi connectivity index (χ0n) is 14.5. The van der Waals surface area contributed by atoms with Crippen molar-refractivity contribution in [3.8, 4) is 11.5 Å². The minimum atomic E-state index is 0.0123. The van der Waals surface area contributed by atoms with Gasteiger partial charge in [0.2, 0.25) is 6.79 Å². The summed E-state index contributed by atoms with van der Waals surface area (Å²) >= 11 is 0. The Hall–Kier alpha value is -3.81. The van der Waals surface area contributed by atoms with E-state index in [1.807, 2.05) is 18.2 Å². The Morgan fingerprint density at radius 1 is 0.963 bits per heavy atom. The van der Waals surface area contributed by atoms with Crippen LogP contribution in [0.4, 0.5) is 28.7 Å². The number of aromatic nitrogens is 2. The number of carbonyl (C=O) groups is 1. The van der Waals surface area contributed by atoms with Gasteiger partial charge in [-0.1, -0.05) is 0 Å². The highest BCUT2D eigenvalue weighted by Gasteiger charge is 2.15. The van der Waals surface area contributed by atoms with Crippen LogP contribution < -0.4 is 25.8 Å². The highest BCUT2D eigenvalue weighted by atomic mass is 16.7. The lowest BCUT2D eigenvalue weighted by Gasteiger charge is -2.13. The fourth-order valence-electron chi connectivity index (χ4n) is 2.63. The number of ketones is 1. The maximum absolute atomic E-state index is 11.4. The van der Waals surface area contributed by atoms with Crippen molar-refractivity contribution >= 4 is 34.5 Å². The molecule has 8 heteroatoms. The van der Waals surface area contributed by atoms with Gasteiger partial charge in [-0.2, -0.15) is 0 Å². The molecule has 0 aliphatic carbocycles. The molecule has 0 amide bonds. The number of Topliss-reactive ketones (excluding diaryl/α,β-unsaturated/α-hetero) is 1. The van der Waals surface area contributed by atoms with Gasteiger partial charge >= 0.3 is 0 Å². The number of nitrogens with zero attached hydrogens (tertiary/aromatic N) is 2. The van der Waals surface area contributed by atoms with Gasteiger partial charge in [0.15, 0.2) is 28.9 Å². The van der Waals surface area contributed by atoms with E-state index in [9.17, 15) is 4.79 Å². The van der Waals surface area contributed by atoms with Crippen LogP contribution in [0.5, 0.6) is 11.5 Å². The lowest BCUT2D eigenvalue weighted by atomic mass is 10.1. The second kappa shape index (κ2) is 6.83. The van der Waals surface area contributed by atoms with Gasteiger partial charge in [-0.15, -0.1) is 0 Å². The summed E-state index contributed by atoms with van der Waals surface area (Å²) in [6, 6.07) is 12.6. The van der Waals surface area contributed by atoms with Crippen LogP contribution in [0.1, 0.15) is 17.3 Å². The van der Waals surface area contributed by atoms with Crippen LogP contribution in [0.15, 0.2) is 48.8 Å². The number of nitrogens with two attached hydrogens (primary N) is 1. The number of hydrogen-bond acceptors (Lipinski definition) is 8. The Balaban J connectivity index is 1.54. The Morgan fingerprint density at radius 2 is 1.59 bits per heavy atom. The van der Waals surface area contributed by atoms with Gasteiger partial charge in [0.05, 0.1) is 0 Å². The summed E-state index contributed by atoms with van der Waals surface area (Å²) in [7, 11) is 0. The molecular weight excluding hydrogens is 346 g/mol. The molecule has 0 fully saturated rings. The maximum Gasteiger partial charge on any atom is 0.231 e. The smallest absolute Gasteiger partial charge is 0.231 e. The van der Waals surface area contributed by atoms with Gasteiger partial charge in [0.25, 0.3) is 0 Å². The molecule has 2 aromatic carbocycles. The molecule has 0 saturated heterocycles. The summed E-state index contributed by atoms with van der Waals surface area (Å²) in [6.45, 7) is 1.74.